The maximum absolute atomic E-state index is 12.6. The van der Waals surface area contributed by atoms with E-state index in [0.29, 0.717) is 18.3 Å². The molecule has 4 heteroatoms. The molecule has 2 bridgehead atoms. The third-order valence-electron chi connectivity index (χ3n) is 12.0. The van der Waals surface area contributed by atoms with Crippen molar-refractivity contribution < 1.29 is 19.1 Å². The second kappa shape index (κ2) is 14.3. The van der Waals surface area contributed by atoms with E-state index in [1.165, 1.54) is 82.0 Å². The van der Waals surface area contributed by atoms with Crippen molar-refractivity contribution in [3.05, 3.63) is 48.0 Å². The summed E-state index contributed by atoms with van der Waals surface area (Å²) in [6.07, 6.45) is 33.3. The molecule has 0 radical (unpaired) electrons. The zero-order chi connectivity index (χ0) is 29.5. The summed E-state index contributed by atoms with van der Waals surface area (Å²) in [4.78, 5) is 12.6. The molecule has 3 fully saturated rings. The van der Waals surface area contributed by atoms with Gasteiger partial charge in [-0.3, -0.25) is 4.79 Å². The van der Waals surface area contributed by atoms with E-state index >= 15 is 0 Å². The monoisotopic (exact) mass is 578 g/mol. The summed E-state index contributed by atoms with van der Waals surface area (Å²) in [6, 6.07) is 2.22. The smallest absolute Gasteiger partial charge is 0.305 e. The largest absolute Gasteiger partial charge is 0.469 e. The van der Waals surface area contributed by atoms with Crippen LogP contribution >= 0.6 is 0 Å². The van der Waals surface area contributed by atoms with Crippen LogP contribution < -0.4 is 0 Å². The molecule has 0 unspecified atom stereocenters. The molecule has 1 aromatic heterocycles. The van der Waals surface area contributed by atoms with Crippen molar-refractivity contribution in [1.82, 2.24) is 0 Å². The highest BCUT2D eigenvalue weighted by Gasteiger charge is 2.66. The molecule has 0 aromatic carbocycles. The predicted octanol–water partition coefficient (Wildman–Crippen LogP) is 10.0. The number of rotatable bonds is 16. The molecular formula is C38H58O4. The van der Waals surface area contributed by atoms with Crippen molar-refractivity contribution in [2.75, 3.05) is 6.61 Å². The molecule has 0 aliphatic heterocycles. The quantitative estimate of drug-likeness (QED) is 0.120. The SMILES string of the molecule is CCCCC/C=C\C/C=C\CCCCCCCC(=O)OC[C@]1(O)C[C@@]23CC[C@H]4c5ccoc5CC[C@]4(C)[C@H]2CC[C@H]1C3. The Morgan fingerprint density at radius 1 is 1.00 bits per heavy atom. The highest BCUT2D eigenvalue weighted by Crippen LogP contribution is 2.72. The number of aryl methyl sites for hydroxylation is 1. The number of hydrogen-bond acceptors (Lipinski definition) is 4. The van der Waals surface area contributed by atoms with Crippen LogP contribution in [0.2, 0.25) is 0 Å². The van der Waals surface area contributed by atoms with E-state index in [1.54, 1.807) is 0 Å². The lowest BCUT2D eigenvalue weighted by Crippen LogP contribution is -2.51. The van der Waals surface area contributed by atoms with E-state index in [2.05, 4.69) is 44.2 Å². The lowest BCUT2D eigenvalue weighted by Gasteiger charge is -2.59. The van der Waals surface area contributed by atoms with Gasteiger partial charge in [0.1, 0.15) is 18.0 Å². The van der Waals surface area contributed by atoms with Crippen molar-refractivity contribution in [3.8, 4) is 0 Å². The van der Waals surface area contributed by atoms with Gasteiger partial charge in [0.2, 0.25) is 0 Å². The summed E-state index contributed by atoms with van der Waals surface area (Å²) < 4.78 is 11.6. The number of ether oxygens (including phenoxy) is 1. The van der Waals surface area contributed by atoms with Crippen molar-refractivity contribution in [3.63, 3.8) is 0 Å². The minimum Gasteiger partial charge on any atom is -0.469 e. The molecule has 1 N–H and O–H groups in total. The Hall–Kier alpha value is -1.81. The molecule has 4 aliphatic carbocycles. The Morgan fingerprint density at radius 3 is 2.57 bits per heavy atom. The molecule has 4 nitrogen and oxygen atoms in total. The average Bonchev–Trinajstić information content (AvgIpc) is 3.54. The fourth-order valence-electron chi connectivity index (χ4n) is 9.85. The summed E-state index contributed by atoms with van der Waals surface area (Å²) in [5.41, 5.74) is 1.10. The number of unbranched alkanes of at least 4 members (excludes halogenated alkanes) is 8. The van der Waals surface area contributed by atoms with Crippen LogP contribution in [-0.2, 0) is 16.0 Å². The third kappa shape index (κ3) is 6.95. The molecule has 5 rings (SSSR count). The summed E-state index contributed by atoms with van der Waals surface area (Å²) in [6.45, 7) is 4.97. The van der Waals surface area contributed by atoms with E-state index in [9.17, 15) is 9.90 Å². The van der Waals surface area contributed by atoms with Crippen molar-refractivity contribution >= 4 is 5.97 Å². The molecule has 4 aliphatic rings. The van der Waals surface area contributed by atoms with Gasteiger partial charge in [-0.2, -0.15) is 0 Å². The first-order valence-corrected chi connectivity index (χ1v) is 17.6. The minimum absolute atomic E-state index is 0.125. The Morgan fingerprint density at radius 2 is 1.76 bits per heavy atom. The molecule has 234 valence electrons. The number of carbonyl (C=O) groups is 1. The van der Waals surface area contributed by atoms with Crippen LogP contribution in [0.4, 0.5) is 0 Å². The van der Waals surface area contributed by atoms with Crippen molar-refractivity contribution in [2.24, 2.45) is 22.7 Å². The van der Waals surface area contributed by atoms with Gasteiger partial charge in [-0.25, -0.2) is 0 Å². The normalized spacial score (nSPS) is 33.5. The van der Waals surface area contributed by atoms with E-state index in [0.717, 1.165) is 51.4 Å². The van der Waals surface area contributed by atoms with Crippen LogP contribution in [0, 0.1) is 22.7 Å². The van der Waals surface area contributed by atoms with Crippen LogP contribution in [0.1, 0.15) is 153 Å². The van der Waals surface area contributed by atoms with Crippen molar-refractivity contribution in [1.29, 1.82) is 0 Å². The van der Waals surface area contributed by atoms with Crippen LogP contribution in [0.3, 0.4) is 0 Å². The van der Waals surface area contributed by atoms with Crippen LogP contribution in [0.15, 0.2) is 41.1 Å². The minimum atomic E-state index is -0.846. The second-order valence-corrected chi connectivity index (χ2v) is 14.7. The number of fused-ring (bicyclic) bond motifs is 5. The number of carbonyl (C=O) groups excluding carboxylic acids is 1. The molecule has 3 saturated carbocycles. The summed E-state index contributed by atoms with van der Waals surface area (Å²) in [7, 11) is 0. The average molecular weight is 579 g/mol. The molecule has 0 saturated heterocycles. The first-order valence-electron chi connectivity index (χ1n) is 17.6. The maximum Gasteiger partial charge on any atom is 0.305 e. The van der Waals surface area contributed by atoms with Crippen LogP contribution in [-0.4, -0.2) is 23.3 Å². The number of furan rings is 1. The van der Waals surface area contributed by atoms with Gasteiger partial charge < -0.3 is 14.3 Å². The van der Waals surface area contributed by atoms with E-state index in [1.807, 2.05) is 6.26 Å². The first kappa shape index (κ1) is 31.6. The van der Waals surface area contributed by atoms with Gasteiger partial charge in [-0.05, 0) is 124 Å². The molecule has 6 atom stereocenters. The van der Waals surface area contributed by atoms with Gasteiger partial charge in [0.25, 0.3) is 0 Å². The Kier molecular flexibility index (Phi) is 10.8. The summed E-state index contributed by atoms with van der Waals surface area (Å²) in [5.74, 6) is 2.58. The fourth-order valence-corrected chi connectivity index (χ4v) is 9.85. The molecule has 1 spiro atoms. The van der Waals surface area contributed by atoms with E-state index < -0.39 is 5.60 Å². The van der Waals surface area contributed by atoms with Crippen molar-refractivity contribution in [2.45, 2.75) is 154 Å². The number of aliphatic hydroxyl groups is 1. The van der Waals surface area contributed by atoms with Gasteiger partial charge >= 0.3 is 5.97 Å². The lowest BCUT2D eigenvalue weighted by atomic mass is 9.45. The molecule has 1 aromatic rings. The lowest BCUT2D eigenvalue weighted by molar-refractivity contribution is -0.154. The van der Waals surface area contributed by atoms with Gasteiger partial charge in [-0.1, -0.05) is 70.3 Å². The van der Waals surface area contributed by atoms with Gasteiger partial charge in [0.05, 0.1) is 6.26 Å². The summed E-state index contributed by atoms with van der Waals surface area (Å²) in [5, 5.41) is 11.9. The summed E-state index contributed by atoms with van der Waals surface area (Å²) >= 11 is 0. The predicted molar refractivity (Wildman–Crippen MR) is 170 cm³/mol. The first-order chi connectivity index (χ1) is 20.4. The Balaban J connectivity index is 0.973. The van der Waals surface area contributed by atoms with Crippen LogP contribution in [0.5, 0.6) is 0 Å². The van der Waals surface area contributed by atoms with E-state index in [4.69, 9.17) is 9.15 Å². The van der Waals surface area contributed by atoms with Crippen LogP contribution in [0.25, 0.3) is 0 Å². The zero-order valence-corrected chi connectivity index (χ0v) is 26.7. The van der Waals surface area contributed by atoms with Gasteiger partial charge in [-0.15, -0.1) is 0 Å². The number of esters is 1. The number of allylic oxidation sites excluding steroid dienone is 4. The third-order valence-corrected chi connectivity index (χ3v) is 12.0. The molecule has 1 heterocycles. The standard InChI is InChI=1S/C38H58O4/c1-3-4-5-6-7-8-9-10-11-12-13-14-15-16-17-18-35(39)42-29-38(40)28-37-25-21-32-31-23-26-41-33(31)22-24-36(32,2)34(37)20-19-30(38)27-37/h7-8,10-11,23,26,30,32,34,40H,3-6,9,12-22,24-25,27-29H2,1-2H3/b8-7-,11-10-/t30-,32-,34+,36-,37-,38+/m0/s1. The Bertz CT molecular complexity index is 1070. The van der Waals surface area contributed by atoms with Gasteiger partial charge in [0.15, 0.2) is 0 Å². The zero-order valence-electron chi connectivity index (χ0n) is 26.7. The Labute approximate surface area is 255 Å². The fraction of sp³-hybridized carbons (Fsp3) is 0.763. The molecule has 0 amide bonds. The topological polar surface area (TPSA) is 59.7 Å². The highest BCUT2D eigenvalue weighted by molar-refractivity contribution is 5.69. The molecule has 42 heavy (non-hydrogen) atoms. The maximum atomic E-state index is 12.6. The highest BCUT2D eigenvalue weighted by atomic mass is 16.5. The van der Waals surface area contributed by atoms with Gasteiger partial charge in [0, 0.05) is 12.8 Å². The molecular weight excluding hydrogens is 520 g/mol. The van der Waals surface area contributed by atoms with E-state index in [-0.39, 0.29) is 29.3 Å². The number of hydrogen-bond donors (Lipinski definition) is 1. The second-order valence-electron chi connectivity index (χ2n) is 14.7.